The molecule has 4 rings (SSSR count). The Balaban J connectivity index is 1.60. The highest BCUT2D eigenvalue weighted by atomic mass is 32.2. The molecule has 31 heavy (non-hydrogen) atoms. The first kappa shape index (κ1) is 21.5. The van der Waals surface area contributed by atoms with Gasteiger partial charge in [-0.05, 0) is 49.6 Å². The van der Waals surface area contributed by atoms with Crippen LogP contribution in [0.3, 0.4) is 0 Å². The van der Waals surface area contributed by atoms with E-state index in [2.05, 4.69) is 5.32 Å². The molecule has 2 aromatic carbocycles. The Morgan fingerprint density at radius 2 is 1.90 bits per heavy atom. The van der Waals surface area contributed by atoms with E-state index in [-0.39, 0.29) is 17.5 Å². The van der Waals surface area contributed by atoms with Crippen molar-refractivity contribution in [3.8, 4) is 11.5 Å². The molecule has 0 bridgehead atoms. The van der Waals surface area contributed by atoms with Crippen LogP contribution in [0.4, 0.5) is 5.69 Å². The van der Waals surface area contributed by atoms with E-state index >= 15 is 0 Å². The van der Waals surface area contributed by atoms with E-state index in [0.717, 1.165) is 22.7 Å². The number of sulfonamides is 1. The highest BCUT2D eigenvalue weighted by molar-refractivity contribution is 7.92. The van der Waals surface area contributed by atoms with Gasteiger partial charge >= 0.3 is 0 Å². The molecule has 0 radical (unpaired) electrons. The number of carbonyl (C=O) groups excluding carboxylic acids is 1. The maximum absolute atomic E-state index is 13.6. The molecule has 1 N–H and O–H groups in total. The number of carbonyl (C=O) groups is 1. The Kier molecular flexibility index (Phi) is 6.33. The van der Waals surface area contributed by atoms with E-state index in [1.807, 2.05) is 13.0 Å². The second kappa shape index (κ2) is 9.15. The summed E-state index contributed by atoms with van der Waals surface area (Å²) < 4.78 is 44.8. The number of rotatable bonds is 7. The fraction of sp³-hybridized carbons (Fsp3) is 0.409. The lowest BCUT2D eigenvalue weighted by molar-refractivity contribution is -0.120. The molecule has 2 heterocycles. The second-order valence-corrected chi connectivity index (χ2v) is 9.46. The van der Waals surface area contributed by atoms with Gasteiger partial charge < -0.3 is 19.5 Å². The molecule has 0 spiro atoms. The van der Waals surface area contributed by atoms with Crippen molar-refractivity contribution < 1.29 is 27.4 Å². The van der Waals surface area contributed by atoms with Crippen molar-refractivity contribution in [2.24, 2.45) is 0 Å². The zero-order chi connectivity index (χ0) is 21.8. The fourth-order valence-electron chi connectivity index (χ4n) is 3.63. The van der Waals surface area contributed by atoms with Gasteiger partial charge in [-0.25, -0.2) is 8.42 Å². The van der Waals surface area contributed by atoms with Gasteiger partial charge in [0.25, 0.3) is 10.0 Å². The first-order valence-corrected chi connectivity index (χ1v) is 11.7. The van der Waals surface area contributed by atoms with Crippen LogP contribution < -0.4 is 19.1 Å². The topological polar surface area (TPSA) is 94.2 Å². The SMILES string of the molecule is Cc1cccc(N(CC(=O)NC[C@H]2CCCO2)S(=O)(=O)c2ccc3c(c2)OCCO3)c1. The Labute approximate surface area is 182 Å². The van der Waals surface area contributed by atoms with Crippen LogP contribution in [-0.4, -0.2) is 53.3 Å². The number of amides is 1. The summed E-state index contributed by atoms with van der Waals surface area (Å²) in [5.74, 6) is 0.485. The van der Waals surface area contributed by atoms with Gasteiger partial charge in [-0.1, -0.05) is 12.1 Å². The van der Waals surface area contributed by atoms with Crippen molar-refractivity contribution in [1.82, 2.24) is 5.32 Å². The Morgan fingerprint density at radius 3 is 2.65 bits per heavy atom. The molecular formula is C22H26N2O6S. The maximum Gasteiger partial charge on any atom is 0.264 e. The number of hydrogen-bond acceptors (Lipinski definition) is 6. The molecule has 1 fully saturated rings. The van der Waals surface area contributed by atoms with Gasteiger partial charge in [0.2, 0.25) is 5.91 Å². The van der Waals surface area contributed by atoms with E-state index < -0.39 is 15.9 Å². The van der Waals surface area contributed by atoms with Crippen molar-refractivity contribution in [1.29, 1.82) is 0 Å². The normalized spacial score (nSPS) is 17.9. The highest BCUT2D eigenvalue weighted by Gasteiger charge is 2.29. The van der Waals surface area contributed by atoms with Crippen molar-refractivity contribution in [3.63, 3.8) is 0 Å². The van der Waals surface area contributed by atoms with Crippen LogP contribution in [0.15, 0.2) is 47.4 Å². The smallest absolute Gasteiger partial charge is 0.264 e. The third kappa shape index (κ3) is 4.94. The van der Waals surface area contributed by atoms with Crippen LogP contribution in [0.1, 0.15) is 18.4 Å². The standard InChI is InChI=1S/C22H26N2O6S/c1-16-4-2-5-17(12-16)24(15-22(25)23-14-18-6-3-9-28-18)31(26,27)19-7-8-20-21(13-19)30-11-10-29-20/h2,4-5,7-8,12-13,18H,3,6,9-11,14-15H2,1H3,(H,23,25)/t18-/m1/s1. The Hall–Kier alpha value is -2.78. The molecule has 8 nitrogen and oxygen atoms in total. The van der Waals surface area contributed by atoms with Gasteiger partial charge in [0.15, 0.2) is 11.5 Å². The van der Waals surface area contributed by atoms with Crippen molar-refractivity contribution in [3.05, 3.63) is 48.0 Å². The largest absolute Gasteiger partial charge is 0.486 e. The summed E-state index contributed by atoms with van der Waals surface area (Å²) >= 11 is 0. The molecule has 1 atom stereocenters. The summed E-state index contributed by atoms with van der Waals surface area (Å²) in [7, 11) is -4.03. The third-order valence-electron chi connectivity index (χ3n) is 5.23. The number of nitrogens with one attached hydrogen (secondary N) is 1. The Bertz CT molecular complexity index is 1050. The lowest BCUT2D eigenvalue weighted by atomic mass is 10.2. The summed E-state index contributed by atoms with van der Waals surface area (Å²) in [6, 6.07) is 11.5. The monoisotopic (exact) mass is 446 g/mol. The average Bonchev–Trinajstić information content (AvgIpc) is 3.29. The van der Waals surface area contributed by atoms with Gasteiger partial charge in [-0.2, -0.15) is 0 Å². The molecule has 0 aromatic heterocycles. The summed E-state index contributed by atoms with van der Waals surface area (Å²) in [5.41, 5.74) is 1.31. The lowest BCUT2D eigenvalue weighted by Crippen LogP contribution is -2.42. The van der Waals surface area contributed by atoms with Crippen LogP contribution in [0.5, 0.6) is 11.5 Å². The van der Waals surface area contributed by atoms with Crippen LogP contribution in [0.2, 0.25) is 0 Å². The number of aryl methyl sites for hydroxylation is 1. The summed E-state index contributed by atoms with van der Waals surface area (Å²) in [4.78, 5) is 12.7. The van der Waals surface area contributed by atoms with Gasteiger partial charge in [-0.3, -0.25) is 9.10 Å². The molecule has 0 aliphatic carbocycles. The molecule has 2 aromatic rings. The van der Waals surface area contributed by atoms with Crippen molar-refractivity contribution in [2.45, 2.75) is 30.8 Å². The number of benzene rings is 2. The minimum Gasteiger partial charge on any atom is -0.486 e. The molecule has 1 amide bonds. The van der Waals surface area contributed by atoms with Crippen molar-refractivity contribution in [2.75, 3.05) is 37.2 Å². The van der Waals surface area contributed by atoms with E-state index in [1.54, 1.807) is 24.3 Å². The number of nitrogens with zero attached hydrogens (tertiary/aromatic N) is 1. The van der Waals surface area contributed by atoms with E-state index in [0.29, 0.717) is 43.6 Å². The number of anilines is 1. The van der Waals surface area contributed by atoms with Gasteiger partial charge in [-0.15, -0.1) is 0 Å². The van der Waals surface area contributed by atoms with Crippen LogP contribution >= 0.6 is 0 Å². The van der Waals surface area contributed by atoms with Gasteiger partial charge in [0.1, 0.15) is 19.8 Å². The summed E-state index contributed by atoms with van der Waals surface area (Å²) in [6.45, 7) is 3.35. The Morgan fingerprint density at radius 1 is 1.10 bits per heavy atom. The third-order valence-corrected chi connectivity index (χ3v) is 7.00. The van der Waals surface area contributed by atoms with E-state index in [4.69, 9.17) is 14.2 Å². The predicted octanol–water partition coefficient (Wildman–Crippen LogP) is 2.26. The van der Waals surface area contributed by atoms with Crippen LogP contribution in [0, 0.1) is 6.92 Å². The van der Waals surface area contributed by atoms with E-state index in [9.17, 15) is 13.2 Å². The molecule has 2 aliphatic heterocycles. The molecule has 0 unspecified atom stereocenters. The molecule has 1 saturated heterocycles. The number of hydrogen-bond donors (Lipinski definition) is 1. The molecule has 166 valence electrons. The minimum absolute atomic E-state index is 0.0224. The zero-order valence-electron chi connectivity index (χ0n) is 17.4. The quantitative estimate of drug-likeness (QED) is 0.701. The summed E-state index contributed by atoms with van der Waals surface area (Å²) in [5, 5.41) is 2.80. The number of ether oxygens (including phenoxy) is 3. The summed E-state index contributed by atoms with van der Waals surface area (Å²) in [6.07, 6.45) is 1.83. The molecule has 2 aliphatic rings. The lowest BCUT2D eigenvalue weighted by Gasteiger charge is -2.26. The first-order chi connectivity index (χ1) is 14.9. The van der Waals surface area contributed by atoms with Gasteiger partial charge in [0, 0.05) is 19.2 Å². The van der Waals surface area contributed by atoms with E-state index in [1.165, 1.54) is 12.1 Å². The number of fused-ring (bicyclic) bond motifs is 1. The highest BCUT2D eigenvalue weighted by Crippen LogP contribution is 2.34. The van der Waals surface area contributed by atoms with Crippen molar-refractivity contribution >= 4 is 21.6 Å². The van der Waals surface area contributed by atoms with Crippen LogP contribution in [-0.2, 0) is 19.6 Å². The fourth-order valence-corrected chi connectivity index (χ4v) is 5.06. The minimum atomic E-state index is -4.03. The molecular weight excluding hydrogens is 420 g/mol. The second-order valence-electron chi connectivity index (χ2n) is 7.60. The zero-order valence-corrected chi connectivity index (χ0v) is 18.2. The van der Waals surface area contributed by atoms with Gasteiger partial charge in [0.05, 0.1) is 16.7 Å². The predicted molar refractivity (Wildman–Crippen MR) is 115 cm³/mol. The maximum atomic E-state index is 13.6. The van der Waals surface area contributed by atoms with Crippen LogP contribution in [0.25, 0.3) is 0 Å². The average molecular weight is 447 g/mol. The molecule has 9 heteroatoms. The first-order valence-electron chi connectivity index (χ1n) is 10.3. The molecule has 0 saturated carbocycles.